The Morgan fingerprint density at radius 1 is 0.257 bits per heavy atom. The maximum atomic E-state index is 2.65. The average molecular weight is 908 g/mol. The molecule has 0 spiro atoms. The molecule has 0 unspecified atom stereocenters. The van der Waals surface area contributed by atoms with Gasteiger partial charge in [-0.2, -0.15) is 0 Å². The van der Waals surface area contributed by atoms with Crippen LogP contribution < -0.4 is 20.7 Å². The Balaban J connectivity index is 1.20. The summed E-state index contributed by atoms with van der Waals surface area (Å²) in [4.78, 5) is 0. The first kappa shape index (κ1) is 40.1. The monoisotopic (exact) mass is 907 g/mol. The summed E-state index contributed by atoms with van der Waals surface area (Å²) in [5, 5.41) is 12.7. The zero-order valence-electron chi connectivity index (χ0n) is 38.3. The standard InChI is InChI=1S/C66H45N3Si/c1-5-23-46(24-6-1)51-31-13-17-37-58(51)68-61-40-20-16-34-54(61)56-35-21-41-62(65(56)68)69-63-45-47(67-59-38-18-14-32-52(59)53-33-15-19-39-60(53)67)43-44-55(63)57-36-22-42-64(66(57)69)70(48-25-7-2-8-26-48,49-27-9-3-10-28-49)50-29-11-4-12-30-50/h1-45H. The van der Waals surface area contributed by atoms with Gasteiger partial charge in [0.15, 0.2) is 8.07 Å². The molecular formula is C66H45N3Si. The van der Waals surface area contributed by atoms with Crippen LogP contribution in [0.2, 0.25) is 0 Å². The van der Waals surface area contributed by atoms with Crippen LogP contribution in [-0.4, -0.2) is 21.8 Å². The molecule has 4 heteroatoms. The molecule has 0 fully saturated rings. The van der Waals surface area contributed by atoms with E-state index in [1.807, 2.05) is 0 Å². The van der Waals surface area contributed by atoms with Gasteiger partial charge in [-0.05, 0) is 68.8 Å². The lowest BCUT2D eigenvalue weighted by Gasteiger charge is -2.35. The lowest BCUT2D eigenvalue weighted by molar-refractivity contribution is 1.13. The molecule has 3 aromatic heterocycles. The van der Waals surface area contributed by atoms with E-state index >= 15 is 0 Å². The van der Waals surface area contributed by atoms with Gasteiger partial charge in [-0.3, -0.25) is 0 Å². The van der Waals surface area contributed by atoms with Crippen molar-refractivity contribution in [1.29, 1.82) is 0 Å². The fraction of sp³-hybridized carbons (Fsp3) is 0. The normalized spacial score (nSPS) is 12.0. The van der Waals surface area contributed by atoms with E-state index in [4.69, 9.17) is 0 Å². The number of aromatic nitrogens is 3. The minimum absolute atomic E-state index is 1.12. The molecule has 70 heavy (non-hydrogen) atoms. The van der Waals surface area contributed by atoms with Crippen LogP contribution in [0.1, 0.15) is 0 Å². The molecule has 0 aliphatic carbocycles. The molecule has 0 saturated carbocycles. The van der Waals surface area contributed by atoms with E-state index in [1.54, 1.807) is 0 Å². The van der Waals surface area contributed by atoms with Crippen molar-refractivity contribution in [2.24, 2.45) is 0 Å². The smallest absolute Gasteiger partial charge is 0.181 e. The van der Waals surface area contributed by atoms with Crippen LogP contribution in [0.3, 0.4) is 0 Å². The van der Waals surface area contributed by atoms with Crippen molar-refractivity contribution >= 4 is 94.2 Å². The highest BCUT2D eigenvalue weighted by atomic mass is 28.3. The molecule has 3 nitrogen and oxygen atoms in total. The molecule has 0 aliphatic rings. The molecule has 11 aromatic carbocycles. The van der Waals surface area contributed by atoms with Crippen molar-refractivity contribution in [3.05, 3.63) is 273 Å². The van der Waals surface area contributed by atoms with Crippen molar-refractivity contribution < 1.29 is 0 Å². The van der Waals surface area contributed by atoms with Crippen LogP contribution in [0.5, 0.6) is 0 Å². The number of para-hydroxylation sites is 6. The number of rotatable bonds is 8. The Morgan fingerprint density at radius 2 is 0.671 bits per heavy atom. The van der Waals surface area contributed by atoms with E-state index in [9.17, 15) is 0 Å². The lowest BCUT2D eigenvalue weighted by atomic mass is 10.0. The lowest BCUT2D eigenvalue weighted by Crippen LogP contribution is -2.75. The van der Waals surface area contributed by atoms with Gasteiger partial charge in [0.25, 0.3) is 0 Å². The Bertz CT molecular complexity index is 4130. The average Bonchev–Trinajstić information content (AvgIpc) is 4.08. The summed E-state index contributed by atoms with van der Waals surface area (Å²) in [6.45, 7) is 0. The molecule has 328 valence electrons. The van der Waals surface area contributed by atoms with Crippen LogP contribution in [0.25, 0.3) is 93.6 Å². The van der Waals surface area contributed by atoms with Gasteiger partial charge in [0.1, 0.15) is 0 Å². The molecule has 0 bridgehead atoms. The van der Waals surface area contributed by atoms with Crippen LogP contribution in [0, 0.1) is 0 Å². The fourth-order valence-corrected chi connectivity index (χ4v) is 16.9. The molecule has 14 rings (SSSR count). The highest BCUT2D eigenvalue weighted by molar-refractivity contribution is 7.20. The van der Waals surface area contributed by atoms with Gasteiger partial charge in [0.05, 0.1) is 44.5 Å². The summed E-state index contributed by atoms with van der Waals surface area (Å²) < 4.78 is 7.64. The number of fused-ring (bicyclic) bond motifs is 9. The summed E-state index contributed by atoms with van der Waals surface area (Å²) in [7, 11) is -3.09. The molecule has 3 heterocycles. The van der Waals surface area contributed by atoms with Crippen LogP contribution in [-0.2, 0) is 0 Å². The molecule has 14 aromatic rings. The van der Waals surface area contributed by atoms with Gasteiger partial charge in [-0.25, -0.2) is 0 Å². The SMILES string of the molecule is c1ccc(-c2ccccc2-n2c3ccccc3c3cccc(-n4c5cc(-n6c7ccccc7c7ccccc76)ccc5c5cccc([Si](c6ccccc6)(c6ccccc6)c6ccccc6)c54)c32)cc1. The Labute approximate surface area is 407 Å². The minimum atomic E-state index is -3.09. The van der Waals surface area contributed by atoms with Crippen LogP contribution in [0.15, 0.2) is 273 Å². The molecular weight excluding hydrogens is 863 g/mol. The van der Waals surface area contributed by atoms with E-state index in [1.165, 1.54) is 86.3 Å². The first-order valence-corrected chi connectivity index (χ1v) is 26.2. The molecule has 0 atom stereocenters. The van der Waals surface area contributed by atoms with Crippen LogP contribution in [0.4, 0.5) is 0 Å². The number of nitrogens with zero attached hydrogens (tertiary/aromatic N) is 3. The second-order valence-electron chi connectivity index (χ2n) is 18.4. The van der Waals surface area contributed by atoms with Gasteiger partial charge in [-0.1, -0.05) is 231 Å². The van der Waals surface area contributed by atoms with Crippen molar-refractivity contribution in [3.63, 3.8) is 0 Å². The van der Waals surface area contributed by atoms with E-state index in [-0.39, 0.29) is 0 Å². The van der Waals surface area contributed by atoms with Crippen molar-refractivity contribution in [1.82, 2.24) is 13.7 Å². The zero-order valence-corrected chi connectivity index (χ0v) is 39.3. The Hall–Kier alpha value is -8.96. The third kappa shape index (κ3) is 5.87. The number of benzene rings is 11. The third-order valence-electron chi connectivity index (χ3n) is 14.8. The first-order valence-electron chi connectivity index (χ1n) is 24.2. The quantitative estimate of drug-likeness (QED) is 0.107. The first-order chi connectivity index (χ1) is 34.8. The molecule has 0 amide bonds. The number of hydrogen-bond donors (Lipinski definition) is 0. The van der Waals surface area contributed by atoms with E-state index in [0.717, 1.165) is 28.1 Å². The molecule has 0 N–H and O–H groups in total. The van der Waals surface area contributed by atoms with Crippen LogP contribution >= 0.6 is 0 Å². The highest BCUT2D eigenvalue weighted by Gasteiger charge is 2.43. The number of hydrogen-bond acceptors (Lipinski definition) is 0. The molecule has 0 aliphatic heterocycles. The summed E-state index contributed by atoms with van der Waals surface area (Å²) in [5.74, 6) is 0. The Morgan fingerprint density at radius 3 is 1.27 bits per heavy atom. The van der Waals surface area contributed by atoms with Gasteiger partial charge in [0, 0.05) is 43.6 Å². The minimum Gasteiger partial charge on any atom is -0.309 e. The van der Waals surface area contributed by atoms with E-state index in [2.05, 4.69) is 287 Å². The predicted molar refractivity (Wildman–Crippen MR) is 299 cm³/mol. The van der Waals surface area contributed by atoms with Gasteiger partial charge >= 0.3 is 0 Å². The van der Waals surface area contributed by atoms with Gasteiger partial charge in [0.2, 0.25) is 0 Å². The summed E-state index contributed by atoms with van der Waals surface area (Å²) in [5.41, 5.74) is 12.8. The zero-order chi connectivity index (χ0) is 46.2. The summed E-state index contributed by atoms with van der Waals surface area (Å²) in [6, 6.07) is 102. The third-order valence-corrected chi connectivity index (χ3v) is 19.6. The molecule has 0 radical (unpaired) electrons. The molecule has 0 saturated heterocycles. The van der Waals surface area contributed by atoms with Crippen molar-refractivity contribution in [3.8, 4) is 28.2 Å². The second kappa shape index (κ2) is 16.1. The topological polar surface area (TPSA) is 14.8 Å². The maximum Gasteiger partial charge on any atom is 0.181 e. The van der Waals surface area contributed by atoms with Crippen molar-refractivity contribution in [2.75, 3.05) is 0 Å². The van der Waals surface area contributed by atoms with E-state index in [0.29, 0.717) is 0 Å². The van der Waals surface area contributed by atoms with Gasteiger partial charge in [-0.15, -0.1) is 0 Å². The summed E-state index contributed by atoms with van der Waals surface area (Å²) in [6.07, 6.45) is 0. The summed E-state index contributed by atoms with van der Waals surface area (Å²) >= 11 is 0. The Kier molecular flexibility index (Phi) is 9.23. The fourth-order valence-electron chi connectivity index (χ4n) is 11.9. The predicted octanol–water partition coefficient (Wildman–Crippen LogP) is 14.0. The largest absolute Gasteiger partial charge is 0.309 e. The van der Waals surface area contributed by atoms with E-state index < -0.39 is 8.07 Å². The van der Waals surface area contributed by atoms with Crippen molar-refractivity contribution in [2.45, 2.75) is 0 Å². The second-order valence-corrected chi connectivity index (χ2v) is 22.1. The highest BCUT2D eigenvalue weighted by Crippen LogP contribution is 2.42. The maximum absolute atomic E-state index is 3.09. The van der Waals surface area contributed by atoms with Gasteiger partial charge < -0.3 is 13.7 Å².